The van der Waals surface area contributed by atoms with E-state index in [1.807, 2.05) is 88.4 Å². The van der Waals surface area contributed by atoms with Crippen LogP contribution in [0.2, 0.25) is 0 Å². The van der Waals surface area contributed by atoms with E-state index in [1.54, 1.807) is 48.0 Å². The lowest BCUT2D eigenvalue weighted by molar-refractivity contribution is -0.148. The number of hydrogen-bond acceptors (Lipinski definition) is 17. The van der Waals surface area contributed by atoms with Crippen LogP contribution in [-0.4, -0.2) is 191 Å². The van der Waals surface area contributed by atoms with Gasteiger partial charge in [-0.25, -0.2) is 9.59 Å². The number of urea groups is 1. The maximum absolute atomic E-state index is 15.0. The second-order valence-corrected chi connectivity index (χ2v) is 27.0. The Morgan fingerprint density at radius 3 is 2.13 bits per heavy atom. The quantitative estimate of drug-likeness (QED) is 0.0205. The summed E-state index contributed by atoms with van der Waals surface area (Å²) in [4.78, 5) is 153. The van der Waals surface area contributed by atoms with Crippen LogP contribution in [0.25, 0.3) is 11.5 Å². The maximum Gasteiger partial charge on any atom is 0.411 e. The summed E-state index contributed by atoms with van der Waals surface area (Å²) >= 11 is 0. The number of carbonyl (C=O) groups excluding carboxylic acids is 11. The van der Waals surface area contributed by atoms with Gasteiger partial charge in [0.2, 0.25) is 53.1 Å². The van der Waals surface area contributed by atoms with E-state index in [1.165, 1.54) is 31.3 Å². The fourth-order valence-corrected chi connectivity index (χ4v) is 14.1. The number of primary amides is 1. The predicted octanol–water partition coefficient (Wildman–Crippen LogP) is 5.86. The van der Waals surface area contributed by atoms with E-state index in [0.29, 0.717) is 87.9 Å². The number of methoxy groups -OCH3 is 2. The summed E-state index contributed by atoms with van der Waals surface area (Å²) in [7, 11) is 4.72. The average molecular weight is 1400 g/mol. The standard InChI is InChI=1S/C73H99N13O15/c1-9-45(4)63(56(98-7)41-61(91)84-38-20-26-55(84)65(99-8)46(5)66(92)79-54(39-47-21-13-10-14-22-47)70-82-81-69(101-70)49-23-15-11-16-24-49)83(6)71(95)62(44(2)3)80-68(94)64-50-30-33-52(40-50)86(64)73(97)100-43-48-28-31-51(32-29-48)77-67(93)53(25-19-36-75-72(74)96)78-58(88)42-76-57(87)27-17-12-18-37-85-59(89)34-35-60(85)90/h10-11,13-16,21-24,28-29,31-32,34-35,44-46,50,52-56,62-65H,9,12,17-20,25-27,30,33,36-43H2,1-8H3,(H,76,87)(H,77,93)(H,78,88)(H,79,92)(H,80,94)(H3,74,75,96)/t45-,46+,50-,52+,53-,54-,55-,56+,62-,63-,64-,65+/m0/s1. The SMILES string of the molecule is CC[C@H](C)[C@@H]([C@@H](CC(=O)N1CCC[C@H]1[C@H](OC)[C@@H](C)C(=O)N[C@@H](Cc1ccccc1)c1nnc(-c2ccccc2)o1)OC)N(C)C(=O)[C@@H](NC(=O)[C@@H]1[C@H]2CC[C@H](C2)N1C(=O)OCc1ccc(NC(=O)[C@H](CCCNC(N)=O)NC(=O)CNC(=O)CCCCCN2C(=O)C=CC2=O)cc1)C(C)C. The molecule has 101 heavy (non-hydrogen) atoms. The first-order valence-electron chi connectivity index (χ1n) is 35.1. The Hall–Kier alpha value is -9.57. The number of benzene rings is 3. The highest BCUT2D eigenvalue weighted by atomic mass is 16.6. The van der Waals surface area contributed by atoms with Crippen molar-refractivity contribution in [1.82, 2.24) is 56.4 Å². The summed E-state index contributed by atoms with van der Waals surface area (Å²) < 4.78 is 24.3. The zero-order valence-electron chi connectivity index (χ0n) is 59.1. The highest BCUT2D eigenvalue weighted by Gasteiger charge is 2.53. The number of imide groups is 1. The van der Waals surface area contributed by atoms with E-state index in [9.17, 15) is 47.9 Å². The van der Waals surface area contributed by atoms with Crippen LogP contribution in [-0.2, 0) is 70.4 Å². The summed E-state index contributed by atoms with van der Waals surface area (Å²) in [5, 5.41) is 25.3. The van der Waals surface area contributed by atoms with Gasteiger partial charge in [-0.15, -0.1) is 10.2 Å². The third kappa shape index (κ3) is 20.8. The van der Waals surface area contributed by atoms with Crippen LogP contribution in [0.1, 0.15) is 141 Å². The Labute approximate surface area is 589 Å². The molecule has 0 unspecified atom stereocenters. The van der Waals surface area contributed by atoms with E-state index in [-0.39, 0.29) is 92.8 Å². The molecule has 0 radical (unpaired) electrons. The van der Waals surface area contributed by atoms with Gasteiger partial charge in [-0.1, -0.05) is 108 Å². The number of nitrogens with one attached hydrogen (secondary N) is 6. The van der Waals surface area contributed by atoms with E-state index in [2.05, 4.69) is 42.1 Å². The highest BCUT2D eigenvalue weighted by Crippen LogP contribution is 2.43. The number of carbonyl (C=O) groups is 11. The van der Waals surface area contributed by atoms with Crippen molar-refractivity contribution in [2.24, 2.45) is 29.4 Å². The molecule has 28 heteroatoms. The Morgan fingerprint density at radius 1 is 0.762 bits per heavy atom. The average Bonchev–Trinajstić information content (AvgIpc) is 1.63. The molecule has 12 amide bonds. The third-order valence-electron chi connectivity index (χ3n) is 19.7. The van der Waals surface area contributed by atoms with Gasteiger partial charge in [0, 0.05) is 83.2 Å². The second kappa shape index (κ2) is 37.2. The van der Waals surface area contributed by atoms with Crippen molar-refractivity contribution < 1.29 is 71.4 Å². The summed E-state index contributed by atoms with van der Waals surface area (Å²) in [6.07, 6.45) is 6.34. The van der Waals surface area contributed by atoms with Crippen LogP contribution in [0, 0.1) is 23.7 Å². The molecular weight excluding hydrogens is 1300 g/mol. The van der Waals surface area contributed by atoms with Gasteiger partial charge >= 0.3 is 12.1 Å². The molecule has 3 aromatic carbocycles. The highest BCUT2D eigenvalue weighted by molar-refractivity contribution is 6.12. The smallest absolute Gasteiger partial charge is 0.411 e. The molecule has 3 aliphatic heterocycles. The minimum Gasteiger partial charge on any atom is -0.445 e. The van der Waals surface area contributed by atoms with Crippen molar-refractivity contribution in [3.63, 3.8) is 0 Å². The first-order valence-corrected chi connectivity index (χ1v) is 35.1. The lowest BCUT2D eigenvalue weighted by Crippen LogP contribution is -2.60. The fourth-order valence-electron chi connectivity index (χ4n) is 14.1. The molecule has 2 bridgehead atoms. The van der Waals surface area contributed by atoms with Crippen LogP contribution in [0.5, 0.6) is 0 Å². The van der Waals surface area contributed by atoms with Crippen molar-refractivity contribution in [1.29, 1.82) is 0 Å². The summed E-state index contributed by atoms with van der Waals surface area (Å²) in [6, 6.07) is 19.7. The molecule has 4 aliphatic rings. The number of nitrogens with two attached hydrogens (primary N) is 1. The van der Waals surface area contributed by atoms with Gasteiger partial charge in [0.05, 0.1) is 43.2 Å². The van der Waals surface area contributed by atoms with Gasteiger partial charge in [0.1, 0.15) is 30.8 Å². The number of anilines is 1. The molecule has 1 saturated carbocycles. The van der Waals surface area contributed by atoms with E-state index in [4.69, 9.17) is 24.4 Å². The second-order valence-electron chi connectivity index (χ2n) is 27.0. The number of likely N-dealkylation sites (tertiary alicyclic amines) is 2. The number of nitrogens with zero attached hydrogens (tertiary/aromatic N) is 6. The molecule has 28 nitrogen and oxygen atoms in total. The zero-order chi connectivity index (χ0) is 72.9. The normalized spacial score (nSPS) is 19.4. The molecule has 4 heterocycles. The van der Waals surface area contributed by atoms with Crippen molar-refractivity contribution in [2.75, 3.05) is 52.8 Å². The first kappa shape index (κ1) is 77.2. The zero-order valence-corrected chi connectivity index (χ0v) is 59.1. The Morgan fingerprint density at radius 2 is 1.47 bits per heavy atom. The van der Waals surface area contributed by atoms with Gasteiger partial charge in [-0.05, 0) is 111 Å². The third-order valence-corrected chi connectivity index (χ3v) is 19.7. The molecule has 8 N–H and O–H groups in total. The lowest BCUT2D eigenvalue weighted by Gasteiger charge is -2.41. The monoisotopic (exact) mass is 1400 g/mol. The molecule has 2 saturated heterocycles. The molecule has 12 atom stereocenters. The number of ether oxygens (including phenoxy) is 3. The fraction of sp³-hybridized carbons (Fsp3) is 0.548. The maximum atomic E-state index is 15.0. The van der Waals surface area contributed by atoms with Crippen molar-refractivity contribution >= 4 is 71.0 Å². The Bertz CT molecular complexity index is 3520. The molecular formula is C73H99N13O15. The summed E-state index contributed by atoms with van der Waals surface area (Å²) in [5.74, 6) is -4.71. The molecule has 546 valence electrons. The van der Waals surface area contributed by atoms with Crippen LogP contribution < -0.4 is 37.6 Å². The van der Waals surface area contributed by atoms with E-state index < -0.39 is 108 Å². The van der Waals surface area contributed by atoms with Crippen molar-refractivity contribution in [2.45, 2.75) is 186 Å². The first-order chi connectivity index (χ1) is 48.5. The van der Waals surface area contributed by atoms with Gasteiger partial charge in [0.25, 0.3) is 11.8 Å². The summed E-state index contributed by atoms with van der Waals surface area (Å²) in [5.41, 5.74) is 7.82. The molecule has 1 aliphatic carbocycles. The minimum absolute atomic E-state index is 0.0918. The summed E-state index contributed by atoms with van der Waals surface area (Å²) in [6.45, 7) is 9.63. The molecule has 8 rings (SSSR count). The predicted molar refractivity (Wildman–Crippen MR) is 372 cm³/mol. The minimum atomic E-state index is -1.08. The van der Waals surface area contributed by atoms with Gasteiger partial charge in [0.15, 0.2) is 0 Å². The number of piperidine rings is 1. The van der Waals surface area contributed by atoms with E-state index >= 15 is 4.79 Å². The van der Waals surface area contributed by atoms with Crippen molar-refractivity contribution in [3.05, 3.63) is 114 Å². The van der Waals surface area contributed by atoms with Crippen LogP contribution in [0.3, 0.4) is 0 Å². The largest absolute Gasteiger partial charge is 0.445 e. The molecule has 0 spiro atoms. The van der Waals surface area contributed by atoms with Crippen LogP contribution in [0.15, 0.2) is 101 Å². The number of aromatic nitrogens is 2. The lowest BCUT2D eigenvalue weighted by atomic mass is 9.89. The van der Waals surface area contributed by atoms with Gasteiger partial charge < -0.3 is 66.1 Å². The van der Waals surface area contributed by atoms with Crippen LogP contribution >= 0.6 is 0 Å². The topological polar surface area (TPSA) is 366 Å². The van der Waals surface area contributed by atoms with Gasteiger partial charge in [-0.3, -0.25) is 53.0 Å². The Kier molecular flexibility index (Phi) is 28.4. The van der Waals surface area contributed by atoms with E-state index in [0.717, 1.165) is 16.0 Å². The van der Waals surface area contributed by atoms with Gasteiger partial charge in [-0.2, -0.15) is 0 Å². The number of amides is 12. The number of likely N-dealkylation sites (N-methyl/N-ethyl adjacent to an activating group) is 1. The number of hydrogen-bond donors (Lipinski definition) is 7. The van der Waals surface area contributed by atoms with Crippen molar-refractivity contribution in [3.8, 4) is 11.5 Å². The molecule has 1 aromatic heterocycles. The number of unbranched alkanes of at least 4 members (excludes halogenated alkanes) is 2. The molecule has 4 aromatic rings. The number of fused-ring (bicyclic) bond motifs is 2. The molecule has 3 fully saturated rings. The van der Waals surface area contributed by atoms with Crippen LogP contribution in [0.4, 0.5) is 15.3 Å². The number of rotatable bonds is 37. The Balaban J connectivity index is 0.843.